The van der Waals surface area contributed by atoms with Crippen LogP contribution in [0.1, 0.15) is 0 Å². The van der Waals surface area contributed by atoms with Gasteiger partial charge in [-0.05, 0) is 126 Å². The Morgan fingerprint density at radius 1 is 0.185 bits per heavy atom. The number of benzene rings is 12. The summed E-state index contributed by atoms with van der Waals surface area (Å²) in [6.45, 7) is 0. The van der Waals surface area contributed by atoms with E-state index in [2.05, 4.69) is 194 Å². The highest BCUT2D eigenvalue weighted by atomic mass is 14.2. The average molecular weight is 681 g/mol. The van der Waals surface area contributed by atoms with Crippen LogP contribution in [-0.4, -0.2) is 0 Å². The fourth-order valence-corrected chi connectivity index (χ4v) is 9.52. The van der Waals surface area contributed by atoms with E-state index in [1.54, 1.807) is 0 Å². The van der Waals surface area contributed by atoms with Gasteiger partial charge in [0.2, 0.25) is 0 Å². The molecule has 12 rings (SSSR count). The maximum Gasteiger partial charge on any atom is -0.00206 e. The molecule has 0 heterocycles. The Morgan fingerprint density at radius 2 is 0.574 bits per heavy atom. The molecule has 0 aliphatic carbocycles. The molecule has 0 aromatic heterocycles. The molecule has 0 aliphatic heterocycles. The van der Waals surface area contributed by atoms with Gasteiger partial charge in [0.25, 0.3) is 0 Å². The second kappa shape index (κ2) is 11.2. The van der Waals surface area contributed by atoms with Crippen molar-refractivity contribution < 1.29 is 0 Å². The zero-order valence-corrected chi connectivity index (χ0v) is 29.5. The highest BCUT2D eigenvalue weighted by Crippen LogP contribution is 2.47. The van der Waals surface area contributed by atoms with Crippen molar-refractivity contribution in [1.29, 1.82) is 0 Å². The zero-order valence-electron chi connectivity index (χ0n) is 29.5. The molecule has 0 spiro atoms. The molecule has 0 heteroatoms. The smallest absolute Gasteiger partial charge is 0.00206 e. The second-order valence-electron chi connectivity index (χ2n) is 14.8. The summed E-state index contributed by atoms with van der Waals surface area (Å²) >= 11 is 0. The van der Waals surface area contributed by atoms with Gasteiger partial charge in [-0.1, -0.05) is 188 Å². The summed E-state index contributed by atoms with van der Waals surface area (Å²) in [6.07, 6.45) is 0. The maximum absolute atomic E-state index is 2.42. The molecule has 12 aromatic carbocycles. The van der Waals surface area contributed by atoms with Gasteiger partial charge in [-0.2, -0.15) is 0 Å². The first-order valence-electron chi connectivity index (χ1n) is 18.8. The van der Waals surface area contributed by atoms with E-state index in [9.17, 15) is 0 Å². The molecule has 248 valence electrons. The highest BCUT2D eigenvalue weighted by Gasteiger charge is 2.19. The van der Waals surface area contributed by atoms with Gasteiger partial charge in [0.1, 0.15) is 0 Å². The SMILES string of the molecule is c1ccc(-c2ccc(-c3ccc4ccc5cccc6ccc3c4c56)c(-c3ccc(-c4ccc5ccc6cccc7ccc4c5c67)c4ccccc34)c2)cc1. The fraction of sp³-hybridized carbons (Fsp3) is 0. The predicted molar refractivity (Wildman–Crippen MR) is 233 cm³/mol. The van der Waals surface area contributed by atoms with Gasteiger partial charge in [0, 0.05) is 0 Å². The van der Waals surface area contributed by atoms with E-state index in [1.807, 2.05) is 0 Å². The number of hydrogen-bond donors (Lipinski definition) is 0. The van der Waals surface area contributed by atoms with Crippen molar-refractivity contribution in [3.8, 4) is 44.5 Å². The lowest BCUT2D eigenvalue weighted by Crippen LogP contribution is -1.93. The van der Waals surface area contributed by atoms with Crippen LogP contribution < -0.4 is 0 Å². The molecule has 0 N–H and O–H groups in total. The summed E-state index contributed by atoms with van der Waals surface area (Å²) in [4.78, 5) is 0. The molecule has 0 nitrogen and oxygen atoms in total. The van der Waals surface area contributed by atoms with Crippen LogP contribution in [0.5, 0.6) is 0 Å². The van der Waals surface area contributed by atoms with Gasteiger partial charge >= 0.3 is 0 Å². The number of rotatable bonds is 4. The van der Waals surface area contributed by atoms with Crippen molar-refractivity contribution in [2.45, 2.75) is 0 Å². The number of hydrogen-bond acceptors (Lipinski definition) is 0. The molecule has 0 radical (unpaired) electrons. The van der Waals surface area contributed by atoms with Crippen molar-refractivity contribution in [3.63, 3.8) is 0 Å². The van der Waals surface area contributed by atoms with Gasteiger partial charge in [0.05, 0.1) is 0 Å². The lowest BCUT2D eigenvalue weighted by Gasteiger charge is -2.20. The van der Waals surface area contributed by atoms with E-state index in [0.29, 0.717) is 0 Å². The first-order chi connectivity index (χ1) is 26.8. The molecular formula is C54H32. The van der Waals surface area contributed by atoms with Crippen molar-refractivity contribution in [2.24, 2.45) is 0 Å². The van der Waals surface area contributed by atoms with Gasteiger partial charge in [0.15, 0.2) is 0 Å². The van der Waals surface area contributed by atoms with Crippen LogP contribution in [-0.2, 0) is 0 Å². The van der Waals surface area contributed by atoms with Gasteiger partial charge in [-0.3, -0.25) is 0 Å². The van der Waals surface area contributed by atoms with Crippen LogP contribution in [0.2, 0.25) is 0 Å². The Balaban J connectivity index is 1.13. The van der Waals surface area contributed by atoms with Crippen LogP contribution in [0.3, 0.4) is 0 Å². The Kier molecular flexibility index (Phi) is 6.15. The van der Waals surface area contributed by atoms with Crippen molar-refractivity contribution in [3.05, 3.63) is 194 Å². The standard InChI is InChI=1S/C54H32/c1-2-8-33(9-3-1)40-24-27-46(45-26-21-39-19-17-35-11-7-13-37-23-29-49(45)54(39)52(35)37)50(32-40)47-31-30-43(41-14-4-5-15-42(41)47)44-25-20-38-18-16-34-10-6-12-36-22-28-48(44)53(38)51(34)36/h1-32H. The molecule has 0 aliphatic rings. The molecule has 0 unspecified atom stereocenters. The lowest BCUT2D eigenvalue weighted by atomic mass is 9.83. The summed E-state index contributed by atoms with van der Waals surface area (Å²) in [5, 5.41) is 18.2. The fourth-order valence-electron chi connectivity index (χ4n) is 9.52. The molecule has 0 saturated heterocycles. The summed E-state index contributed by atoms with van der Waals surface area (Å²) < 4.78 is 0. The van der Waals surface area contributed by atoms with Crippen LogP contribution >= 0.6 is 0 Å². The van der Waals surface area contributed by atoms with Crippen LogP contribution in [0, 0.1) is 0 Å². The summed E-state index contributed by atoms with van der Waals surface area (Å²) in [6, 6.07) is 72.5. The Labute approximate surface area is 312 Å². The van der Waals surface area contributed by atoms with Crippen molar-refractivity contribution in [2.75, 3.05) is 0 Å². The molecule has 0 saturated carbocycles. The minimum absolute atomic E-state index is 1.21. The Hall–Kier alpha value is -7.02. The minimum Gasteiger partial charge on any atom is -0.0622 e. The van der Waals surface area contributed by atoms with E-state index in [4.69, 9.17) is 0 Å². The summed E-state index contributed by atoms with van der Waals surface area (Å²) in [5.74, 6) is 0. The Bertz CT molecular complexity index is 3390. The van der Waals surface area contributed by atoms with E-state index < -0.39 is 0 Å². The molecule has 54 heavy (non-hydrogen) atoms. The molecule has 0 bridgehead atoms. The molecule has 0 amide bonds. The topological polar surface area (TPSA) is 0 Å². The minimum atomic E-state index is 1.21. The molecule has 12 aromatic rings. The van der Waals surface area contributed by atoms with Gasteiger partial charge < -0.3 is 0 Å². The molecular weight excluding hydrogens is 649 g/mol. The van der Waals surface area contributed by atoms with Gasteiger partial charge in [-0.25, -0.2) is 0 Å². The normalized spacial score (nSPS) is 12.1. The van der Waals surface area contributed by atoms with E-state index in [1.165, 1.54) is 120 Å². The molecule has 0 atom stereocenters. The zero-order chi connectivity index (χ0) is 35.3. The van der Waals surface area contributed by atoms with Gasteiger partial charge in [-0.15, -0.1) is 0 Å². The third-order valence-electron chi connectivity index (χ3n) is 12.0. The van der Waals surface area contributed by atoms with Crippen LogP contribution in [0.25, 0.3) is 120 Å². The molecule has 0 fully saturated rings. The second-order valence-corrected chi connectivity index (χ2v) is 14.8. The largest absolute Gasteiger partial charge is 0.0622 e. The first-order valence-corrected chi connectivity index (χ1v) is 18.8. The monoisotopic (exact) mass is 680 g/mol. The number of fused-ring (bicyclic) bond motifs is 1. The summed E-state index contributed by atoms with van der Waals surface area (Å²) in [5.41, 5.74) is 9.95. The van der Waals surface area contributed by atoms with Crippen molar-refractivity contribution >= 4 is 75.4 Å². The van der Waals surface area contributed by atoms with Crippen LogP contribution in [0.15, 0.2) is 194 Å². The maximum atomic E-state index is 2.42. The van der Waals surface area contributed by atoms with E-state index in [0.717, 1.165) is 0 Å². The van der Waals surface area contributed by atoms with Crippen molar-refractivity contribution in [1.82, 2.24) is 0 Å². The van der Waals surface area contributed by atoms with E-state index >= 15 is 0 Å². The third-order valence-corrected chi connectivity index (χ3v) is 12.0. The Morgan fingerprint density at radius 3 is 1.13 bits per heavy atom. The van der Waals surface area contributed by atoms with Crippen LogP contribution in [0.4, 0.5) is 0 Å². The lowest BCUT2D eigenvalue weighted by molar-refractivity contribution is 1.59. The third kappa shape index (κ3) is 4.20. The van der Waals surface area contributed by atoms with E-state index in [-0.39, 0.29) is 0 Å². The predicted octanol–water partition coefficient (Wildman–Crippen LogP) is 15.3. The first kappa shape index (κ1) is 29.5. The highest BCUT2D eigenvalue weighted by molar-refractivity contribution is 6.28. The quantitative estimate of drug-likeness (QED) is 0.162. The average Bonchev–Trinajstić information content (AvgIpc) is 3.24. The summed E-state index contributed by atoms with van der Waals surface area (Å²) in [7, 11) is 0.